The molecule has 2 N–H and O–H groups in total. The van der Waals surface area contributed by atoms with Crippen molar-refractivity contribution in [1.82, 2.24) is 10.6 Å². The molecule has 98 valence electrons. The lowest BCUT2D eigenvalue weighted by Gasteiger charge is -2.09. The summed E-state index contributed by atoms with van der Waals surface area (Å²) in [6.45, 7) is 0.754. The van der Waals surface area contributed by atoms with Crippen LogP contribution in [0, 0.1) is 5.92 Å². The molecule has 1 aromatic rings. The zero-order chi connectivity index (χ0) is 11.8. The van der Waals surface area contributed by atoms with Gasteiger partial charge in [-0.15, -0.1) is 12.4 Å². The Morgan fingerprint density at radius 2 is 2.17 bits per heavy atom. The van der Waals surface area contributed by atoms with E-state index in [0.717, 1.165) is 13.0 Å². The predicted octanol–water partition coefficient (Wildman–Crippen LogP) is 1.47. The fourth-order valence-corrected chi connectivity index (χ4v) is 3.04. The van der Waals surface area contributed by atoms with Crippen LogP contribution in [-0.4, -0.2) is 25.5 Å². The minimum Gasteiger partial charge on any atom is -0.352 e. The number of rotatable bonds is 4. The van der Waals surface area contributed by atoms with E-state index in [4.69, 9.17) is 0 Å². The molecule has 0 bridgehead atoms. The molecule has 1 saturated carbocycles. The number of nitrogens with one attached hydrogen (secondary N) is 2. The quantitative estimate of drug-likeness (QED) is 0.867. The molecule has 1 fully saturated rings. The molecule has 18 heavy (non-hydrogen) atoms. The van der Waals surface area contributed by atoms with Crippen molar-refractivity contribution in [3.63, 3.8) is 0 Å². The molecule has 2 aliphatic rings. The lowest BCUT2D eigenvalue weighted by molar-refractivity contribution is -0.121. The van der Waals surface area contributed by atoms with Crippen LogP contribution in [0.15, 0.2) is 24.3 Å². The van der Waals surface area contributed by atoms with E-state index in [0.29, 0.717) is 24.3 Å². The summed E-state index contributed by atoms with van der Waals surface area (Å²) in [6.07, 6.45) is 1.71. The highest BCUT2D eigenvalue weighted by Crippen LogP contribution is 2.56. The van der Waals surface area contributed by atoms with Crippen LogP contribution in [0.3, 0.4) is 0 Å². The molecule has 4 heteroatoms. The van der Waals surface area contributed by atoms with Crippen LogP contribution in [0.25, 0.3) is 0 Å². The SMILES string of the molecule is CNCCC(=O)NC1C2Cc3ccccc3C21.Cl. The molecule has 1 aromatic carbocycles. The van der Waals surface area contributed by atoms with E-state index in [1.807, 2.05) is 7.05 Å². The lowest BCUT2D eigenvalue weighted by Crippen LogP contribution is -2.30. The fourth-order valence-electron chi connectivity index (χ4n) is 3.04. The number of halogens is 1. The highest BCUT2D eigenvalue weighted by Gasteiger charge is 2.56. The van der Waals surface area contributed by atoms with Crippen molar-refractivity contribution in [3.8, 4) is 0 Å². The molecule has 0 saturated heterocycles. The minimum atomic E-state index is 0. The second-order valence-corrected chi connectivity index (χ2v) is 5.04. The van der Waals surface area contributed by atoms with E-state index in [1.165, 1.54) is 11.1 Å². The number of hydrogen-bond donors (Lipinski definition) is 2. The van der Waals surface area contributed by atoms with E-state index in [9.17, 15) is 4.79 Å². The van der Waals surface area contributed by atoms with Gasteiger partial charge in [0.25, 0.3) is 0 Å². The second-order valence-electron chi connectivity index (χ2n) is 5.04. The molecule has 3 atom stereocenters. The van der Waals surface area contributed by atoms with Crippen molar-refractivity contribution in [2.24, 2.45) is 5.92 Å². The van der Waals surface area contributed by atoms with Crippen LogP contribution in [0.5, 0.6) is 0 Å². The van der Waals surface area contributed by atoms with Gasteiger partial charge in [-0.05, 0) is 30.5 Å². The van der Waals surface area contributed by atoms with Gasteiger partial charge < -0.3 is 10.6 Å². The van der Waals surface area contributed by atoms with Crippen molar-refractivity contribution in [1.29, 1.82) is 0 Å². The average molecular weight is 267 g/mol. The maximum Gasteiger partial charge on any atom is 0.221 e. The van der Waals surface area contributed by atoms with Crippen molar-refractivity contribution in [3.05, 3.63) is 35.4 Å². The first-order valence-electron chi connectivity index (χ1n) is 6.33. The van der Waals surface area contributed by atoms with E-state index in [-0.39, 0.29) is 18.3 Å². The molecule has 3 nitrogen and oxygen atoms in total. The van der Waals surface area contributed by atoms with Crippen molar-refractivity contribution < 1.29 is 4.79 Å². The van der Waals surface area contributed by atoms with Gasteiger partial charge in [0, 0.05) is 24.9 Å². The molecule has 0 spiro atoms. The van der Waals surface area contributed by atoms with Gasteiger partial charge in [0.1, 0.15) is 0 Å². The first-order chi connectivity index (χ1) is 8.31. The third-order valence-electron chi connectivity index (χ3n) is 3.97. The summed E-state index contributed by atoms with van der Waals surface area (Å²) < 4.78 is 0. The summed E-state index contributed by atoms with van der Waals surface area (Å²) >= 11 is 0. The van der Waals surface area contributed by atoms with Gasteiger partial charge in [-0.3, -0.25) is 4.79 Å². The summed E-state index contributed by atoms with van der Waals surface area (Å²) in [7, 11) is 1.87. The number of benzene rings is 1. The van der Waals surface area contributed by atoms with Crippen LogP contribution in [0.4, 0.5) is 0 Å². The summed E-state index contributed by atoms with van der Waals surface area (Å²) in [4.78, 5) is 11.6. The molecule has 1 amide bonds. The van der Waals surface area contributed by atoms with Gasteiger partial charge in [0.05, 0.1) is 0 Å². The molecule has 0 radical (unpaired) electrons. The fraction of sp³-hybridized carbons (Fsp3) is 0.500. The molecule has 0 heterocycles. The summed E-state index contributed by atoms with van der Waals surface area (Å²) in [5.41, 5.74) is 2.93. The molecular weight excluding hydrogens is 248 g/mol. The third-order valence-corrected chi connectivity index (χ3v) is 3.97. The van der Waals surface area contributed by atoms with Gasteiger partial charge in [0.15, 0.2) is 0 Å². The lowest BCUT2D eigenvalue weighted by atomic mass is 10.1. The Labute approximate surface area is 114 Å². The Kier molecular flexibility index (Phi) is 3.93. The molecule has 3 unspecified atom stereocenters. The van der Waals surface area contributed by atoms with E-state index in [2.05, 4.69) is 34.9 Å². The second kappa shape index (κ2) is 5.29. The van der Waals surface area contributed by atoms with E-state index >= 15 is 0 Å². The van der Waals surface area contributed by atoms with Crippen LogP contribution in [0.2, 0.25) is 0 Å². The van der Waals surface area contributed by atoms with Gasteiger partial charge in [-0.1, -0.05) is 24.3 Å². The number of amides is 1. The maximum atomic E-state index is 11.6. The molecule has 0 aromatic heterocycles. The van der Waals surface area contributed by atoms with Crippen molar-refractivity contribution >= 4 is 18.3 Å². The molecule has 0 aliphatic heterocycles. The number of carbonyl (C=O) groups is 1. The molecular formula is C14H19ClN2O. The molecule has 2 aliphatic carbocycles. The van der Waals surface area contributed by atoms with Gasteiger partial charge >= 0.3 is 0 Å². The van der Waals surface area contributed by atoms with Crippen LogP contribution < -0.4 is 10.6 Å². The zero-order valence-electron chi connectivity index (χ0n) is 10.5. The van der Waals surface area contributed by atoms with Crippen molar-refractivity contribution in [2.75, 3.05) is 13.6 Å². The average Bonchev–Trinajstić information content (AvgIpc) is 2.86. The Morgan fingerprint density at radius 1 is 1.39 bits per heavy atom. The van der Waals surface area contributed by atoms with Crippen LogP contribution in [0.1, 0.15) is 23.5 Å². The Hall–Kier alpha value is -1.06. The predicted molar refractivity (Wildman–Crippen MR) is 74.1 cm³/mol. The smallest absolute Gasteiger partial charge is 0.221 e. The van der Waals surface area contributed by atoms with Crippen LogP contribution in [-0.2, 0) is 11.2 Å². The zero-order valence-corrected chi connectivity index (χ0v) is 11.3. The standard InChI is InChI=1S/C14H18N2O.ClH/c1-15-7-6-12(17)16-14-11-8-9-4-2-3-5-10(9)13(11)14;/h2-5,11,13-15H,6-8H2,1H3,(H,16,17);1H. The first kappa shape index (κ1) is 13.4. The number of carbonyl (C=O) groups excluding carboxylic acids is 1. The first-order valence-corrected chi connectivity index (χ1v) is 6.33. The minimum absolute atomic E-state index is 0. The number of fused-ring (bicyclic) bond motifs is 3. The van der Waals surface area contributed by atoms with Crippen LogP contribution >= 0.6 is 12.4 Å². The Balaban J connectivity index is 0.00000120. The highest BCUT2D eigenvalue weighted by molar-refractivity contribution is 5.85. The van der Waals surface area contributed by atoms with E-state index in [1.54, 1.807) is 0 Å². The van der Waals surface area contributed by atoms with Crippen molar-refractivity contribution in [2.45, 2.75) is 24.8 Å². The normalized spacial score (nSPS) is 26.8. The third kappa shape index (κ3) is 2.25. The van der Waals surface area contributed by atoms with E-state index < -0.39 is 0 Å². The molecule has 3 rings (SSSR count). The summed E-state index contributed by atoms with van der Waals surface area (Å²) in [6, 6.07) is 9.01. The summed E-state index contributed by atoms with van der Waals surface area (Å²) in [5.74, 6) is 1.42. The van der Waals surface area contributed by atoms with Gasteiger partial charge in [-0.2, -0.15) is 0 Å². The summed E-state index contributed by atoms with van der Waals surface area (Å²) in [5, 5.41) is 6.15. The topological polar surface area (TPSA) is 41.1 Å². The monoisotopic (exact) mass is 266 g/mol. The van der Waals surface area contributed by atoms with Gasteiger partial charge in [-0.25, -0.2) is 0 Å². The Morgan fingerprint density at radius 3 is 2.94 bits per heavy atom. The largest absolute Gasteiger partial charge is 0.352 e. The number of hydrogen-bond acceptors (Lipinski definition) is 2. The highest BCUT2D eigenvalue weighted by atomic mass is 35.5. The maximum absolute atomic E-state index is 11.6. The Bertz CT molecular complexity index is 449. The van der Waals surface area contributed by atoms with Gasteiger partial charge in [0.2, 0.25) is 5.91 Å².